The number of nitrogens with one attached hydrogen (secondary N) is 1. The number of aliphatic carboxylic acids is 1. The monoisotopic (exact) mass is 614 g/mol. The number of quaternary nitrogens is 1. The Balaban J connectivity index is 0.000000676. The lowest BCUT2D eigenvalue weighted by Crippen LogP contribution is -3.11. The Morgan fingerprint density at radius 1 is 0.841 bits per heavy atom. The van der Waals surface area contributed by atoms with Gasteiger partial charge >= 0.3 is 20.4 Å². The highest BCUT2D eigenvalue weighted by atomic mass is 19.4. The number of alkyl halides is 3. The summed E-state index contributed by atoms with van der Waals surface area (Å²) < 4.78 is 31.5. The Labute approximate surface area is 251 Å². The van der Waals surface area contributed by atoms with Crippen molar-refractivity contribution in [2.75, 3.05) is 13.1 Å². The summed E-state index contributed by atoms with van der Waals surface area (Å²) in [6.07, 6.45) is 1.31. The van der Waals surface area contributed by atoms with Crippen molar-refractivity contribution in [3.63, 3.8) is 0 Å². The maximum Gasteiger partial charge on any atom is 0.489 e. The summed E-state index contributed by atoms with van der Waals surface area (Å²) in [5, 5.41) is 55.1. The van der Waals surface area contributed by atoms with Gasteiger partial charge in [-0.15, -0.1) is 0 Å². The second-order valence-corrected chi connectivity index (χ2v) is 9.70. The van der Waals surface area contributed by atoms with E-state index in [0.29, 0.717) is 33.6 Å². The molecule has 0 radical (unpaired) electrons. The van der Waals surface area contributed by atoms with Gasteiger partial charge in [0.05, 0.1) is 31.1 Å². The minimum atomic E-state index is -5.19. The SMILES string of the molecule is O=C([O-])C(F)(F)F.O[10B](O)c1ccccc1/C=N/Oc1cc(O/[15N]=C/c2ccccc2[10B](O)O)ccc1C[NH+]1CCCCC1. The van der Waals surface area contributed by atoms with Crippen LogP contribution in [0.2, 0.25) is 0 Å². The summed E-state index contributed by atoms with van der Waals surface area (Å²) in [5.74, 6) is -2.07. The summed E-state index contributed by atoms with van der Waals surface area (Å²) in [5.41, 5.74) is 2.67. The molecule has 1 aliphatic heterocycles. The fourth-order valence-electron chi connectivity index (χ4n) is 4.33. The molecule has 16 heteroatoms. The van der Waals surface area contributed by atoms with Gasteiger partial charge in [0.15, 0.2) is 11.5 Å². The number of piperidine rings is 1. The van der Waals surface area contributed by atoms with Gasteiger partial charge < -0.3 is 44.6 Å². The van der Waals surface area contributed by atoms with E-state index in [4.69, 9.17) is 19.6 Å². The van der Waals surface area contributed by atoms with Gasteiger partial charge in [-0.25, -0.2) is 0 Å². The molecule has 0 unspecified atom stereocenters. The van der Waals surface area contributed by atoms with Gasteiger partial charge in [-0.1, -0.05) is 58.8 Å². The quantitative estimate of drug-likeness (QED) is 0.0816. The Bertz CT molecular complexity index is 1440. The molecule has 0 amide bonds. The molecule has 11 nitrogen and oxygen atoms in total. The zero-order chi connectivity index (χ0) is 32.1. The molecule has 5 N–H and O–H groups in total. The van der Waals surface area contributed by atoms with E-state index in [-0.39, 0.29) is 0 Å². The number of oxime groups is 2. The van der Waals surface area contributed by atoms with Crippen molar-refractivity contribution in [1.82, 2.24) is 0 Å². The molecule has 0 saturated carbocycles. The summed E-state index contributed by atoms with van der Waals surface area (Å²) in [4.78, 5) is 21.6. The largest absolute Gasteiger partial charge is 0.542 e. The van der Waals surface area contributed by atoms with Crippen LogP contribution in [-0.4, -0.2) is 72.0 Å². The van der Waals surface area contributed by atoms with E-state index in [0.717, 1.165) is 25.2 Å². The topological polar surface area (TPSA) is 169 Å². The highest BCUT2D eigenvalue weighted by Gasteiger charge is 2.28. The van der Waals surface area contributed by atoms with Crippen LogP contribution >= 0.6 is 0 Å². The molecule has 44 heavy (non-hydrogen) atoms. The maximum atomic E-state index is 10.5. The predicted molar refractivity (Wildman–Crippen MR) is 155 cm³/mol. The molecule has 1 saturated heterocycles. The van der Waals surface area contributed by atoms with Gasteiger partial charge in [0.2, 0.25) is 0 Å². The number of carboxylic acids is 1. The number of carboxylic acid groups (broad SMARTS) is 1. The van der Waals surface area contributed by atoms with Crippen LogP contribution in [0.15, 0.2) is 77.0 Å². The fourth-order valence-corrected chi connectivity index (χ4v) is 4.33. The molecule has 0 aliphatic carbocycles. The molecular formula is C28H30B2F3N3O8. The third kappa shape index (κ3) is 10.8. The molecule has 232 valence electrons. The first-order valence-corrected chi connectivity index (χ1v) is 13.5. The van der Waals surface area contributed by atoms with Crippen molar-refractivity contribution in [2.24, 2.45) is 10.3 Å². The number of hydrogen-bond acceptors (Lipinski definition) is 10. The second kappa shape index (κ2) is 16.6. The minimum Gasteiger partial charge on any atom is -0.542 e. The summed E-state index contributed by atoms with van der Waals surface area (Å²) >= 11 is 0. The van der Waals surface area contributed by atoms with Gasteiger partial charge in [-0.05, 0) is 53.4 Å². The van der Waals surface area contributed by atoms with E-state index < -0.39 is 26.4 Å². The van der Waals surface area contributed by atoms with Gasteiger partial charge in [0.1, 0.15) is 12.5 Å². The number of hydrogen-bond donors (Lipinski definition) is 5. The summed E-state index contributed by atoms with van der Waals surface area (Å²) in [6.45, 7) is 2.98. The van der Waals surface area contributed by atoms with Crippen LogP contribution in [0.25, 0.3) is 0 Å². The van der Waals surface area contributed by atoms with E-state index in [2.05, 4.69) is 10.3 Å². The molecule has 1 heterocycles. The van der Waals surface area contributed by atoms with Crippen LogP contribution in [0.5, 0.6) is 11.5 Å². The minimum absolute atomic E-state index is 0.321. The average molecular weight is 615 g/mol. The third-order valence-electron chi connectivity index (χ3n) is 6.51. The number of carbonyl (C=O) groups excluding carboxylic acids is 1. The Hall–Kier alpha value is -4.21. The highest BCUT2D eigenvalue weighted by Crippen LogP contribution is 2.25. The van der Waals surface area contributed by atoms with Gasteiger partial charge in [-0.3, -0.25) is 0 Å². The standard InChI is InChI=1S/C26H29B2N3O6.C2HF3O2/c32-27(33)24-10-4-2-8-20(24)17-29-36-23-13-12-22(19-31-14-6-1-7-15-31)26(16-23)37-30-18-21-9-3-5-11-25(21)28(34)35;3-2(4,5)1(6)7/h2-5,8-13,16-18,32-35H,1,6-7,14-15,19H2;(H,6,7)/b29-17+,30-18+;/i27-1,28-1,29+1;. The van der Waals surface area contributed by atoms with Gasteiger partial charge in [0, 0.05) is 6.07 Å². The number of nitrogens with zero attached hydrogens (tertiary/aromatic N) is 2. The molecule has 3 aromatic rings. The molecule has 0 spiro atoms. The van der Waals surface area contributed by atoms with Crippen molar-refractivity contribution in [1.29, 1.82) is 0 Å². The molecule has 4 rings (SSSR count). The molecule has 1 fully saturated rings. The first-order valence-electron chi connectivity index (χ1n) is 13.5. The lowest BCUT2D eigenvalue weighted by molar-refractivity contribution is -0.918. The first-order chi connectivity index (χ1) is 21.0. The normalized spacial score (nSPS) is 13.8. The fraction of sp³-hybridized carbons (Fsp3) is 0.250. The van der Waals surface area contributed by atoms with E-state index in [1.165, 1.54) is 36.6 Å². The van der Waals surface area contributed by atoms with Gasteiger partial charge in [-0.2, -0.15) is 13.2 Å². The van der Waals surface area contributed by atoms with E-state index in [9.17, 15) is 33.3 Å². The lowest BCUT2D eigenvalue weighted by Gasteiger charge is -2.24. The average Bonchev–Trinajstić information content (AvgIpc) is 2.99. The molecule has 0 atom stereocenters. The van der Waals surface area contributed by atoms with Crippen molar-refractivity contribution in [2.45, 2.75) is 32.0 Å². The Kier molecular flexibility index (Phi) is 12.9. The Morgan fingerprint density at radius 2 is 1.34 bits per heavy atom. The van der Waals surface area contributed by atoms with Crippen LogP contribution in [0.1, 0.15) is 36.0 Å². The zero-order valence-corrected chi connectivity index (χ0v) is 23.4. The van der Waals surface area contributed by atoms with Crippen molar-refractivity contribution in [3.05, 3.63) is 83.4 Å². The molecule has 3 aromatic carbocycles. The number of likely N-dealkylation sites (tertiary alicyclic amines) is 1. The number of benzene rings is 3. The van der Waals surface area contributed by atoms with E-state index in [1.807, 2.05) is 6.07 Å². The second-order valence-electron chi connectivity index (χ2n) is 9.70. The van der Waals surface area contributed by atoms with Crippen LogP contribution in [-0.2, 0) is 11.3 Å². The lowest BCUT2D eigenvalue weighted by atomic mass is 9.26. The molecule has 0 aromatic heterocycles. The highest BCUT2D eigenvalue weighted by molar-refractivity contribution is 6.60. The van der Waals surface area contributed by atoms with Gasteiger partial charge in [0.25, 0.3) is 0 Å². The maximum absolute atomic E-state index is 10.5. The number of rotatable bonds is 10. The molecule has 0 bridgehead atoms. The Morgan fingerprint density at radius 3 is 1.84 bits per heavy atom. The van der Waals surface area contributed by atoms with Crippen LogP contribution < -0.4 is 30.6 Å². The van der Waals surface area contributed by atoms with E-state index >= 15 is 0 Å². The zero-order valence-electron chi connectivity index (χ0n) is 23.4. The van der Waals surface area contributed by atoms with E-state index in [1.54, 1.807) is 60.7 Å². The number of halogens is 3. The van der Waals surface area contributed by atoms with Crippen LogP contribution in [0, 0.1) is 0 Å². The molecule has 1 aliphatic rings. The smallest absolute Gasteiger partial charge is 0.489 e. The number of carbonyl (C=O) groups is 1. The van der Waals surface area contributed by atoms with Crippen molar-refractivity contribution >= 4 is 43.6 Å². The summed E-state index contributed by atoms with van der Waals surface area (Å²) in [6, 6.07) is 19.0. The van der Waals surface area contributed by atoms with Crippen molar-refractivity contribution < 1.29 is 57.7 Å². The first kappa shape index (κ1) is 34.3. The molecular weight excluding hydrogens is 584 g/mol. The van der Waals surface area contributed by atoms with Crippen LogP contribution in [0.3, 0.4) is 0 Å². The third-order valence-corrected chi connectivity index (χ3v) is 6.51. The predicted octanol–water partition coefficient (Wildman–Crippen LogP) is -1.26. The summed E-state index contributed by atoms with van der Waals surface area (Å²) in [7, 11) is -3.23. The van der Waals surface area contributed by atoms with Crippen molar-refractivity contribution in [3.8, 4) is 11.5 Å². The van der Waals surface area contributed by atoms with Crippen LogP contribution in [0.4, 0.5) is 13.2 Å².